The van der Waals surface area contributed by atoms with Gasteiger partial charge >= 0.3 is 0 Å². The van der Waals surface area contributed by atoms with Gasteiger partial charge in [-0.25, -0.2) is 0 Å². The zero-order chi connectivity index (χ0) is 9.47. The summed E-state index contributed by atoms with van der Waals surface area (Å²) in [5.41, 5.74) is 1.70. The van der Waals surface area contributed by atoms with Gasteiger partial charge in [0, 0.05) is 25.3 Å². The summed E-state index contributed by atoms with van der Waals surface area (Å²) in [6.45, 7) is 6.52. The summed E-state index contributed by atoms with van der Waals surface area (Å²) in [7, 11) is 0. The van der Waals surface area contributed by atoms with E-state index in [1.165, 1.54) is 0 Å². The van der Waals surface area contributed by atoms with Crippen molar-refractivity contribution in [3.05, 3.63) is 11.3 Å². The fraction of sp³-hybridized carbons (Fsp3) is 0.667. The average Bonchev–Trinajstić information content (AvgIpc) is 2.28. The summed E-state index contributed by atoms with van der Waals surface area (Å²) < 4.78 is 0. The Labute approximate surface area is 77.8 Å². The van der Waals surface area contributed by atoms with E-state index in [1.807, 2.05) is 13.8 Å². The van der Waals surface area contributed by atoms with Crippen LogP contribution in [0.15, 0.2) is 11.3 Å². The number of amides is 1. The number of nitrogens with one attached hydrogen (secondary N) is 3. The molecule has 13 heavy (non-hydrogen) atoms. The Balaban J connectivity index is 2.36. The van der Waals surface area contributed by atoms with Gasteiger partial charge in [-0.05, 0) is 13.8 Å². The summed E-state index contributed by atoms with van der Waals surface area (Å²) in [6.07, 6.45) is 0. The number of carbonyl (C=O) groups excluding carboxylic acids is 1. The number of rotatable bonds is 0. The minimum Gasteiger partial charge on any atom is -0.385 e. The highest BCUT2D eigenvalue weighted by molar-refractivity contribution is 5.98. The third-order valence-corrected chi connectivity index (χ3v) is 2.53. The highest BCUT2D eigenvalue weighted by Gasteiger charge is 2.37. The molecule has 0 unspecified atom stereocenters. The standard InChI is InChI=1S/C9H15N3O/c1-9(2)7-6(8(13)12-9)5-10-3-4-11-7/h10-11H,3-5H2,1-2H3,(H,12,13). The predicted molar refractivity (Wildman–Crippen MR) is 50.1 cm³/mol. The molecule has 3 N–H and O–H groups in total. The summed E-state index contributed by atoms with van der Waals surface area (Å²) in [5, 5.41) is 9.45. The zero-order valence-electron chi connectivity index (χ0n) is 8.03. The molecule has 2 aliphatic rings. The van der Waals surface area contributed by atoms with Crippen molar-refractivity contribution in [3.8, 4) is 0 Å². The lowest BCUT2D eigenvalue weighted by Gasteiger charge is -2.23. The third kappa shape index (κ3) is 1.31. The van der Waals surface area contributed by atoms with Crippen molar-refractivity contribution < 1.29 is 4.79 Å². The quantitative estimate of drug-likeness (QED) is 0.465. The van der Waals surface area contributed by atoms with Crippen LogP contribution in [0, 0.1) is 0 Å². The van der Waals surface area contributed by atoms with Gasteiger partial charge in [0.15, 0.2) is 0 Å². The molecule has 2 aliphatic heterocycles. The second kappa shape index (κ2) is 2.73. The van der Waals surface area contributed by atoms with Crippen LogP contribution in [0.1, 0.15) is 13.8 Å². The molecular formula is C9H15N3O. The third-order valence-electron chi connectivity index (χ3n) is 2.53. The molecular weight excluding hydrogens is 166 g/mol. The van der Waals surface area contributed by atoms with E-state index in [0.717, 1.165) is 24.4 Å². The molecule has 0 aliphatic carbocycles. The lowest BCUT2D eigenvalue weighted by molar-refractivity contribution is -0.117. The van der Waals surface area contributed by atoms with Crippen molar-refractivity contribution >= 4 is 5.91 Å². The molecule has 1 amide bonds. The molecule has 2 rings (SSSR count). The summed E-state index contributed by atoms with van der Waals surface area (Å²) in [6, 6.07) is 0. The number of hydrogen-bond donors (Lipinski definition) is 3. The number of hydrogen-bond acceptors (Lipinski definition) is 3. The maximum absolute atomic E-state index is 11.5. The van der Waals surface area contributed by atoms with Crippen LogP contribution in [0.4, 0.5) is 0 Å². The van der Waals surface area contributed by atoms with Crippen LogP contribution >= 0.6 is 0 Å². The molecule has 4 nitrogen and oxygen atoms in total. The Morgan fingerprint density at radius 1 is 1.31 bits per heavy atom. The van der Waals surface area contributed by atoms with Crippen molar-refractivity contribution in [1.29, 1.82) is 0 Å². The van der Waals surface area contributed by atoms with E-state index in [0.29, 0.717) is 6.54 Å². The molecule has 0 bridgehead atoms. The van der Waals surface area contributed by atoms with Gasteiger partial charge in [0.05, 0.1) is 11.1 Å². The average molecular weight is 181 g/mol. The molecule has 72 valence electrons. The van der Waals surface area contributed by atoms with Gasteiger partial charge < -0.3 is 16.0 Å². The molecule has 0 aromatic carbocycles. The molecule has 0 fully saturated rings. The Morgan fingerprint density at radius 3 is 2.85 bits per heavy atom. The normalized spacial score (nSPS) is 26.2. The SMILES string of the molecule is CC1(C)NC(=O)C2=C1NCCNC2. The Kier molecular flexibility index (Phi) is 1.80. The van der Waals surface area contributed by atoms with Crippen molar-refractivity contribution in [2.75, 3.05) is 19.6 Å². The molecule has 0 saturated heterocycles. The Bertz CT molecular complexity index is 281. The lowest BCUT2D eigenvalue weighted by atomic mass is 10.0. The van der Waals surface area contributed by atoms with Crippen LogP contribution in [0.2, 0.25) is 0 Å². The number of carbonyl (C=O) groups is 1. The summed E-state index contributed by atoms with van der Waals surface area (Å²) in [5.74, 6) is 0.0573. The van der Waals surface area contributed by atoms with Gasteiger partial charge in [-0.15, -0.1) is 0 Å². The predicted octanol–water partition coefficient (Wildman–Crippen LogP) is -0.658. The Hall–Kier alpha value is -1.03. The summed E-state index contributed by atoms with van der Waals surface area (Å²) >= 11 is 0. The van der Waals surface area contributed by atoms with Gasteiger partial charge in [0.2, 0.25) is 0 Å². The maximum atomic E-state index is 11.5. The van der Waals surface area contributed by atoms with Gasteiger partial charge in [0.25, 0.3) is 5.91 Å². The molecule has 0 aromatic rings. The fourth-order valence-corrected chi connectivity index (χ4v) is 1.90. The molecule has 0 spiro atoms. The van der Waals surface area contributed by atoms with E-state index in [4.69, 9.17) is 0 Å². The fourth-order valence-electron chi connectivity index (χ4n) is 1.90. The first kappa shape index (κ1) is 8.56. The topological polar surface area (TPSA) is 53.2 Å². The second-order valence-corrected chi connectivity index (χ2v) is 4.04. The second-order valence-electron chi connectivity index (χ2n) is 4.04. The Morgan fingerprint density at radius 2 is 2.08 bits per heavy atom. The van der Waals surface area contributed by atoms with E-state index in [9.17, 15) is 4.79 Å². The van der Waals surface area contributed by atoms with Crippen molar-refractivity contribution in [3.63, 3.8) is 0 Å². The molecule has 4 heteroatoms. The van der Waals surface area contributed by atoms with Crippen LogP contribution < -0.4 is 16.0 Å². The van der Waals surface area contributed by atoms with Crippen molar-refractivity contribution in [1.82, 2.24) is 16.0 Å². The highest BCUT2D eigenvalue weighted by atomic mass is 16.2. The van der Waals surface area contributed by atoms with Crippen LogP contribution in [0.3, 0.4) is 0 Å². The largest absolute Gasteiger partial charge is 0.385 e. The minimum absolute atomic E-state index is 0.0573. The van der Waals surface area contributed by atoms with Gasteiger partial charge in [-0.2, -0.15) is 0 Å². The summed E-state index contributed by atoms with van der Waals surface area (Å²) in [4.78, 5) is 11.5. The smallest absolute Gasteiger partial charge is 0.251 e. The minimum atomic E-state index is -0.224. The molecule has 0 radical (unpaired) electrons. The van der Waals surface area contributed by atoms with Gasteiger partial charge in [-0.1, -0.05) is 0 Å². The van der Waals surface area contributed by atoms with E-state index < -0.39 is 0 Å². The van der Waals surface area contributed by atoms with Gasteiger partial charge in [-0.3, -0.25) is 4.79 Å². The monoisotopic (exact) mass is 181 g/mol. The molecule has 2 heterocycles. The molecule has 0 saturated carbocycles. The zero-order valence-corrected chi connectivity index (χ0v) is 8.03. The van der Waals surface area contributed by atoms with Crippen LogP contribution in [-0.2, 0) is 4.79 Å². The van der Waals surface area contributed by atoms with E-state index in [2.05, 4.69) is 16.0 Å². The van der Waals surface area contributed by atoms with Crippen molar-refractivity contribution in [2.24, 2.45) is 0 Å². The van der Waals surface area contributed by atoms with Gasteiger partial charge in [0.1, 0.15) is 0 Å². The van der Waals surface area contributed by atoms with Crippen LogP contribution in [0.25, 0.3) is 0 Å². The van der Waals surface area contributed by atoms with E-state index >= 15 is 0 Å². The first-order chi connectivity index (χ1) is 6.11. The molecule has 0 aromatic heterocycles. The maximum Gasteiger partial charge on any atom is 0.251 e. The molecule has 0 atom stereocenters. The first-order valence-corrected chi connectivity index (χ1v) is 4.62. The highest BCUT2D eigenvalue weighted by Crippen LogP contribution is 2.24. The first-order valence-electron chi connectivity index (χ1n) is 4.62. The van der Waals surface area contributed by atoms with E-state index in [-0.39, 0.29) is 11.4 Å². The van der Waals surface area contributed by atoms with Crippen molar-refractivity contribution in [2.45, 2.75) is 19.4 Å². The lowest BCUT2D eigenvalue weighted by Crippen LogP contribution is -2.43. The van der Waals surface area contributed by atoms with Crippen LogP contribution in [0.5, 0.6) is 0 Å². The van der Waals surface area contributed by atoms with Crippen LogP contribution in [-0.4, -0.2) is 31.1 Å². The van der Waals surface area contributed by atoms with E-state index in [1.54, 1.807) is 0 Å².